The molecule has 0 saturated heterocycles. The van der Waals surface area contributed by atoms with Crippen LogP contribution in [0.25, 0.3) is 11.6 Å². The molecule has 0 unspecified atom stereocenters. The number of para-hydroxylation sites is 1. The van der Waals surface area contributed by atoms with Crippen LogP contribution >= 0.6 is 0 Å². The van der Waals surface area contributed by atoms with E-state index < -0.39 is 18.1 Å². The van der Waals surface area contributed by atoms with Crippen LogP contribution in [0.2, 0.25) is 0 Å². The fourth-order valence-electron chi connectivity index (χ4n) is 1.99. The minimum atomic E-state index is -5.07. The Morgan fingerprint density at radius 3 is 2.12 bits per heavy atom. The van der Waals surface area contributed by atoms with Gasteiger partial charge in [0.15, 0.2) is 0 Å². The quantitative estimate of drug-likeness (QED) is 0.659. The summed E-state index contributed by atoms with van der Waals surface area (Å²) in [5.74, 6) is -3.49. The number of carbonyl (C=O) groups excluding carboxylic acids is 1. The van der Waals surface area contributed by atoms with Crippen molar-refractivity contribution in [2.75, 3.05) is 5.32 Å². The maximum atomic E-state index is 12.4. The van der Waals surface area contributed by atoms with Crippen molar-refractivity contribution in [3.8, 4) is 0 Å². The van der Waals surface area contributed by atoms with Crippen LogP contribution in [0.4, 0.5) is 18.9 Å². The van der Waals surface area contributed by atoms with E-state index in [9.17, 15) is 27.9 Å². The lowest BCUT2D eigenvalue weighted by molar-refractivity contribution is -0.167. The lowest BCUT2D eigenvalue weighted by Crippen LogP contribution is -2.30. The van der Waals surface area contributed by atoms with Crippen LogP contribution in [-0.4, -0.2) is 23.2 Å². The Labute approximate surface area is 135 Å². The zero-order valence-electron chi connectivity index (χ0n) is 12.2. The van der Waals surface area contributed by atoms with E-state index in [1.165, 1.54) is 30.3 Å². The van der Waals surface area contributed by atoms with Crippen molar-refractivity contribution in [1.29, 1.82) is 0 Å². The second kappa shape index (κ2) is 6.99. The van der Waals surface area contributed by atoms with Gasteiger partial charge < -0.3 is 10.4 Å². The highest BCUT2D eigenvalue weighted by Gasteiger charge is 2.39. The maximum Gasteiger partial charge on any atom is 0.471 e. The summed E-state index contributed by atoms with van der Waals surface area (Å²) in [6.07, 6.45) is -3.75. The van der Waals surface area contributed by atoms with E-state index in [-0.39, 0.29) is 16.8 Å². The van der Waals surface area contributed by atoms with Gasteiger partial charge in [-0.3, -0.25) is 4.79 Å². The van der Waals surface area contributed by atoms with Crippen LogP contribution in [0.5, 0.6) is 0 Å². The number of carboxylic acid groups (broad SMARTS) is 1. The Bertz CT molecular complexity index is 783. The van der Waals surface area contributed by atoms with Gasteiger partial charge in [0, 0.05) is 11.3 Å². The molecule has 2 N–H and O–H groups in total. The van der Waals surface area contributed by atoms with Gasteiger partial charge in [0.25, 0.3) is 0 Å². The van der Waals surface area contributed by atoms with E-state index in [2.05, 4.69) is 0 Å². The van der Waals surface area contributed by atoms with Crippen molar-refractivity contribution in [1.82, 2.24) is 0 Å². The number of hydrogen-bond acceptors (Lipinski definition) is 2. The number of alkyl halides is 3. The topological polar surface area (TPSA) is 66.4 Å². The van der Waals surface area contributed by atoms with Crippen molar-refractivity contribution < 1.29 is 27.9 Å². The first-order chi connectivity index (χ1) is 11.3. The van der Waals surface area contributed by atoms with Gasteiger partial charge in [-0.2, -0.15) is 13.2 Å². The normalized spacial score (nSPS) is 11.9. The number of aliphatic carboxylic acids is 1. The van der Waals surface area contributed by atoms with E-state index in [0.29, 0.717) is 5.56 Å². The van der Waals surface area contributed by atoms with Gasteiger partial charge in [-0.1, -0.05) is 48.5 Å². The van der Waals surface area contributed by atoms with E-state index >= 15 is 0 Å². The lowest BCUT2D eigenvalue weighted by Gasteiger charge is -2.13. The molecule has 7 heteroatoms. The van der Waals surface area contributed by atoms with Gasteiger partial charge in [0.1, 0.15) is 0 Å². The number of hydrogen-bond donors (Lipinski definition) is 2. The summed E-state index contributed by atoms with van der Waals surface area (Å²) in [4.78, 5) is 22.7. The number of halogens is 3. The molecule has 1 amide bonds. The Hall–Kier alpha value is -3.09. The smallest absolute Gasteiger partial charge is 0.471 e. The molecule has 0 saturated carbocycles. The Kier molecular flexibility index (Phi) is 5.03. The maximum absolute atomic E-state index is 12.4. The molecule has 2 rings (SSSR count). The summed E-state index contributed by atoms with van der Waals surface area (Å²) >= 11 is 0. The van der Waals surface area contributed by atoms with Crippen LogP contribution in [0, 0.1) is 0 Å². The molecule has 0 aromatic heterocycles. The minimum absolute atomic E-state index is 0.0218. The first-order valence-electron chi connectivity index (χ1n) is 6.76. The number of benzene rings is 2. The molecular formula is C17H12F3NO3. The number of carbonyl (C=O) groups is 2. The van der Waals surface area contributed by atoms with E-state index in [1.54, 1.807) is 35.6 Å². The van der Waals surface area contributed by atoms with Crippen molar-refractivity contribution in [3.05, 3.63) is 65.7 Å². The summed E-state index contributed by atoms with van der Waals surface area (Å²) in [6, 6.07) is 13.9. The van der Waals surface area contributed by atoms with Crippen molar-refractivity contribution in [2.45, 2.75) is 6.18 Å². The van der Waals surface area contributed by atoms with Crippen LogP contribution < -0.4 is 5.32 Å². The van der Waals surface area contributed by atoms with Crippen LogP contribution in [0.1, 0.15) is 11.1 Å². The van der Waals surface area contributed by atoms with Crippen LogP contribution in [0.15, 0.2) is 54.6 Å². The number of amides is 1. The third kappa shape index (κ3) is 4.22. The van der Waals surface area contributed by atoms with E-state index in [4.69, 9.17) is 0 Å². The first kappa shape index (κ1) is 17.3. The van der Waals surface area contributed by atoms with Crippen molar-refractivity contribution >= 4 is 29.2 Å². The summed E-state index contributed by atoms with van der Waals surface area (Å²) in [6.45, 7) is 0. The highest BCUT2D eigenvalue weighted by Crippen LogP contribution is 2.28. The number of anilines is 1. The van der Waals surface area contributed by atoms with Gasteiger partial charge in [0.2, 0.25) is 0 Å². The molecule has 0 spiro atoms. The van der Waals surface area contributed by atoms with E-state index in [0.717, 1.165) is 0 Å². The standard InChI is InChI=1S/C17H12F3NO3/c18-17(19,20)16(24)21-14-9-5-4-8-12(14)13(15(22)23)10-11-6-2-1-3-7-11/h1-10H,(H,21,24)(H,22,23)/b13-10+. The molecule has 0 radical (unpaired) electrons. The summed E-state index contributed by atoms with van der Waals surface area (Å²) in [5.41, 5.74) is 0.0713. The molecule has 2 aromatic carbocycles. The summed E-state index contributed by atoms with van der Waals surface area (Å²) in [7, 11) is 0. The average molecular weight is 335 g/mol. The molecule has 0 bridgehead atoms. The van der Waals surface area contributed by atoms with Crippen LogP contribution in [-0.2, 0) is 9.59 Å². The summed E-state index contributed by atoms with van der Waals surface area (Å²) < 4.78 is 37.3. The highest BCUT2D eigenvalue weighted by atomic mass is 19.4. The van der Waals surface area contributed by atoms with E-state index in [1.807, 2.05) is 0 Å². The molecule has 0 aliphatic rings. The van der Waals surface area contributed by atoms with Gasteiger partial charge >= 0.3 is 18.1 Å². The molecule has 0 heterocycles. The fraction of sp³-hybridized carbons (Fsp3) is 0.0588. The number of rotatable bonds is 4. The fourth-order valence-corrected chi connectivity index (χ4v) is 1.99. The van der Waals surface area contributed by atoms with Gasteiger partial charge in [0.05, 0.1) is 5.57 Å². The lowest BCUT2D eigenvalue weighted by atomic mass is 10.0. The number of nitrogens with one attached hydrogen (secondary N) is 1. The average Bonchev–Trinajstić information content (AvgIpc) is 2.53. The zero-order chi connectivity index (χ0) is 17.7. The zero-order valence-corrected chi connectivity index (χ0v) is 12.2. The molecule has 2 aromatic rings. The van der Waals surface area contributed by atoms with Crippen LogP contribution in [0.3, 0.4) is 0 Å². The summed E-state index contributed by atoms with van der Waals surface area (Å²) in [5, 5.41) is 11.1. The highest BCUT2D eigenvalue weighted by molar-refractivity contribution is 6.22. The second-order valence-electron chi connectivity index (χ2n) is 4.77. The predicted molar refractivity (Wildman–Crippen MR) is 83.1 cm³/mol. The molecule has 4 nitrogen and oxygen atoms in total. The molecule has 124 valence electrons. The third-order valence-corrected chi connectivity index (χ3v) is 3.06. The first-order valence-corrected chi connectivity index (χ1v) is 6.76. The molecule has 0 aliphatic heterocycles. The Morgan fingerprint density at radius 2 is 1.54 bits per heavy atom. The monoisotopic (exact) mass is 335 g/mol. The predicted octanol–water partition coefficient (Wildman–Crippen LogP) is 3.81. The number of carboxylic acids is 1. The molecular weight excluding hydrogens is 323 g/mol. The Balaban J connectivity index is 2.47. The third-order valence-electron chi connectivity index (χ3n) is 3.06. The largest absolute Gasteiger partial charge is 0.478 e. The van der Waals surface area contributed by atoms with Gasteiger partial charge in [-0.25, -0.2) is 4.79 Å². The van der Waals surface area contributed by atoms with Crippen molar-refractivity contribution in [3.63, 3.8) is 0 Å². The molecule has 0 fully saturated rings. The molecule has 24 heavy (non-hydrogen) atoms. The second-order valence-corrected chi connectivity index (χ2v) is 4.77. The van der Waals surface area contributed by atoms with Gasteiger partial charge in [-0.05, 0) is 17.7 Å². The van der Waals surface area contributed by atoms with Crippen molar-refractivity contribution in [2.24, 2.45) is 0 Å². The SMILES string of the molecule is O=C(O)/C(=C/c1ccccc1)c1ccccc1NC(=O)C(F)(F)F. The minimum Gasteiger partial charge on any atom is -0.478 e. The molecule has 0 aliphatic carbocycles. The Morgan fingerprint density at radius 1 is 0.958 bits per heavy atom. The molecule has 0 atom stereocenters. The van der Waals surface area contributed by atoms with Gasteiger partial charge in [-0.15, -0.1) is 0 Å².